The summed E-state index contributed by atoms with van der Waals surface area (Å²) in [4.78, 5) is 1.94. The summed E-state index contributed by atoms with van der Waals surface area (Å²) in [5.41, 5.74) is 0.646. The topological polar surface area (TPSA) is 23.5 Å². The molecule has 0 saturated carbocycles. The minimum Gasteiger partial charge on any atom is -0.395 e. The van der Waals surface area contributed by atoms with E-state index in [4.69, 9.17) is 5.11 Å². The van der Waals surface area contributed by atoms with Crippen molar-refractivity contribution >= 4 is 0 Å². The maximum absolute atomic E-state index is 13.3. The molecule has 0 fully saturated rings. The molecule has 0 aliphatic carbocycles. The summed E-state index contributed by atoms with van der Waals surface area (Å²) in [5, 5.41) is 8.84. The van der Waals surface area contributed by atoms with E-state index in [1.165, 1.54) is 6.07 Å². The minimum absolute atomic E-state index is 0.0717. The summed E-state index contributed by atoms with van der Waals surface area (Å²) in [7, 11) is 0. The highest BCUT2D eigenvalue weighted by Gasteiger charge is 2.06. The Morgan fingerprint density at radius 3 is 2.73 bits per heavy atom. The molecule has 82 valence electrons. The van der Waals surface area contributed by atoms with Gasteiger partial charge in [-0.1, -0.05) is 24.3 Å². The Morgan fingerprint density at radius 1 is 1.40 bits per heavy atom. The first-order valence-corrected chi connectivity index (χ1v) is 4.95. The summed E-state index contributed by atoms with van der Waals surface area (Å²) < 4.78 is 13.3. The average Bonchev–Trinajstić information content (AvgIpc) is 2.22. The maximum Gasteiger partial charge on any atom is 0.127 e. The van der Waals surface area contributed by atoms with Crippen LogP contribution >= 0.6 is 0 Å². The molecule has 1 aromatic carbocycles. The van der Waals surface area contributed by atoms with Crippen LogP contribution in [0.2, 0.25) is 0 Å². The highest BCUT2D eigenvalue weighted by atomic mass is 19.1. The van der Waals surface area contributed by atoms with Crippen molar-refractivity contribution in [1.82, 2.24) is 4.90 Å². The Labute approximate surface area is 89.7 Å². The van der Waals surface area contributed by atoms with Gasteiger partial charge in [-0.2, -0.15) is 0 Å². The van der Waals surface area contributed by atoms with Crippen molar-refractivity contribution in [2.75, 3.05) is 19.7 Å². The molecule has 1 N–H and O–H groups in total. The van der Waals surface area contributed by atoms with Gasteiger partial charge in [-0.3, -0.25) is 4.90 Å². The van der Waals surface area contributed by atoms with Crippen LogP contribution in [-0.4, -0.2) is 29.7 Å². The van der Waals surface area contributed by atoms with Crippen LogP contribution < -0.4 is 0 Å². The summed E-state index contributed by atoms with van der Waals surface area (Å²) in [5.74, 6) is -0.204. The molecule has 0 aromatic heterocycles. The number of aliphatic hydroxyl groups is 1. The van der Waals surface area contributed by atoms with E-state index in [9.17, 15) is 4.39 Å². The van der Waals surface area contributed by atoms with Gasteiger partial charge in [0.2, 0.25) is 0 Å². The molecule has 0 atom stereocenters. The van der Waals surface area contributed by atoms with Crippen LogP contribution in [0.1, 0.15) is 5.56 Å². The van der Waals surface area contributed by atoms with Gasteiger partial charge in [0.1, 0.15) is 5.82 Å². The standard InChI is InChI=1S/C12H16FNO/c1-2-7-14(8-9-15)10-11-5-3-4-6-12(11)13/h2-6,15H,1,7-10H2. The molecule has 0 aliphatic rings. The molecule has 1 aromatic rings. The van der Waals surface area contributed by atoms with E-state index in [2.05, 4.69) is 6.58 Å². The number of hydrogen-bond acceptors (Lipinski definition) is 2. The number of nitrogens with zero attached hydrogens (tertiary/aromatic N) is 1. The molecule has 2 nitrogen and oxygen atoms in total. The fourth-order valence-corrected chi connectivity index (χ4v) is 1.43. The number of rotatable bonds is 6. The van der Waals surface area contributed by atoms with E-state index < -0.39 is 0 Å². The molecular weight excluding hydrogens is 193 g/mol. The molecule has 0 spiro atoms. The third-order valence-electron chi connectivity index (χ3n) is 2.16. The number of benzene rings is 1. The molecular formula is C12H16FNO. The smallest absolute Gasteiger partial charge is 0.127 e. The number of halogens is 1. The lowest BCUT2D eigenvalue weighted by Gasteiger charge is -2.19. The Hall–Kier alpha value is -1.19. The van der Waals surface area contributed by atoms with Crippen molar-refractivity contribution in [2.24, 2.45) is 0 Å². The highest BCUT2D eigenvalue weighted by molar-refractivity contribution is 5.17. The summed E-state index contributed by atoms with van der Waals surface area (Å²) in [6.07, 6.45) is 1.75. The first kappa shape index (κ1) is 11.9. The van der Waals surface area contributed by atoms with Crippen LogP contribution in [0.25, 0.3) is 0 Å². The van der Waals surface area contributed by atoms with Gasteiger partial charge in [-0.15, -0.1) is 6.58 Å². The van der Waals surface area contributed by atoms with Gasteiger partial charge in [0.05, 0.1) is 6.61 Å². The second-order valence-corrected chi connectivity index (χ2v) is 3.34. The van der Waals surface area contributed by atoms with Crippen molar-refractivity contribution in [3.63, 3.8) is 0 Å². The molecule has 0 heterocycles. The fourth-order valence-electron chi connectivity index (χ4n) is 1.43. The van der Waals surface area contributed by atoms with Gasteiger partial charge >= 0.3 is 0 Å². The molecule has 0 unspecified atom stereocenters. The average molecular weight is 209 g/mol. The van der Waals surface area contributed by atoms with Crippen molar-refractivity contribution < 1.29 is 9.50 Å². The second-order valence-electron chi connectivity index (χ2n) is 3.34. The Kier molecular flexibility index (Phi) is 5.01. The van der Waals surface area contributed by atoms with Gasteiger partial charge < -0.3 is 5.11 Å². The quantitative estimate of drug-likeness (QED) is 0.722. The lowest BCUT2D eigenvalue weighted by Crippen LogP contribution is -2.26. The van der Waals surface area contributed by atoms with Gasteiger partial charge in [0.15, 0.2) is 0 Å². The predicted molar refractivity (Wildman–Crippen MR) is 59.0 cm³/mol. The van der Waals surface area contributed by atoms with E-state index >= 15 is 0 Å². The van der Waals surface area contributed by atoms with Gasteiger partial charge in [-0.05, 0) is 6.07 Å². The first-order chi connectivity index (χ1) is 7.27. The van der Waals surface area contributed by atoms with Crippen molar-refractivity contribution in [1.29, 1.82) is 0 Å². The molecule has 0 bridgehead atoms. The van der Waals surface area contributed by atoms with E-state index in [0.29, 0.717) is 25.2 Å². The fraction of sp³-hybridized carbons (Fsp3) is 0.333. The van der Waals surface area contributed by atoms with Gasteiger partial charge in [0, 0.05) is 25.2 Å². The Bertz CT molecular complexity index is 314. The third-order valence-corrected chi connectivity index (χ3v) is 2.16. The van der Waals surface area contributed by atoms with Crippen LogP contribution in [0.3, 0.4) is 0 Å². The molecule has 15 heavy (non-hydrogen) atoms. The molecule has 3 heteroatoms. The SMILES string of the molecule is C=CCN(CCO)Cc1ccccc1F. The predicted octanol–water partition coefficient (Wildman–Crippen LogP) is 1.81. The van der Waals surface area contributed by atoms with Gasteiger partial charge in [-0.25, -0.2) is 4.39 Å². The zero-order valence-corrected chi connectivity index (χ0v) is 8.69. The Morgan fingerprint density at radius 2 is 2.13 bits per heavy atom. The lowest BCUT2D eigenvalue weighted by molar-refractivity contribution is 0.202. The van der Waals surface area contributed by atoms with Crippen molar-refractivity contribution in [2.45, 2.75) is 6.54 Å². The minimum atomic E-state index is -0.204. The van der Waals surface area contributed by atoms with Crippen molar-refractivity contribution in [3.05, 3.63) is 48.3 Å². The van der Waals surface area contributed by atoms with Crippen LogP contribution in [-0.2, 0) is 6.54 Å². The lowest BCUT2D eigenvalue weighted by atomic mass is 10.2. The van der Waals surface area contributed by atoms with E-state index in [-0.39, 0.29) is 12.4 Å². The normalized spacial score (nSPS) is 10.6. The Balaban J connectivity index is 2.64. The van der Waals surface area contributed by atoms with Crippen LogP contribution in [0.15, 0.2) is 36.9 Å². The van der Waals surface area contributed by atoms with E-state index in [1.54, 1.807) is 18.2 Å². The number of hydrogen-bond donors (Lipinski definition) is 1. The second kappa shape index (κ2) is 6.32. The third kappa shape index (κ3) is 3.81. The zero-order chi connectivity index (χ0) is 11.1. The van der Waals surface area contributed by atoms with E-state index in [0.717, 1.165) is 0 Å². The first-order valence-electron chi connectivity index (χ1n) is 4.95. The molecule has 0 aliphatic heterocycles. The summed E-state index contributed by atoms with van der Waals surface area (Å²) >= 11 is 0. The van der Waals surface area contributed by atoms with Crippen LogP contribution in [0, 0.1) is 5.82 Å². The summed E-state index contributed by atoms with van der Waals surface area (Å²) in [6, 6.07) is 6.68. The summed E-state index contributed by atoms with van der Waals surface area (Å²) in [6.45, 7) is 5.38. The largest absolute Gasteiger partial charge is 0.395 e. The zero-order valence-electron chi connectivity index (χ0n) is 8.69. The van der Waals surface area contributed by atoms with Crippen LogP contribution in [0.4, 0.5) is 4.39 Å². The van der Waals surface area contributed by atoms with Gasteiger partial charge in [0.25, 0.3) is 0 Å². The van der Waals surface area contributed by atoms with E-state index in [1.807, 2.05) is 11.0 Å². The maximum atomic E-state index is 13.3. The van der Waals surface area contributed by atoms with Crippen LogP contribution in [0.5, 0.6) is 0 Å². The molecule has 0 saturated heterocycles. The molecule has 0 amide bonds. The highest BCUT2D eigenvalue weighted by Crippen LogP contribution is 2.09. The molecule has 0 radical (unpaired) electrons. The van der Waals surface area contributed by atoms with Crippen molar-refractivity contribution in [3.8, 4) is 0 Å². The number of aliphatic hydroxyl groups excluding tert-OH is 1. The monoisotopic (exact) mass is 209 g/mol. The molecule has 1 rings (SSSR count).